The normalized spacial score (nSPS) is 19.4. The van der Waals surface area contributed by atoms with Crippen molar-refractivity contribution in [1.82, 2.24) is 9.47 Å². The molecule has 0 spiro atoms. The third kappa shape index (κ3) is 1.94. The van der Waals surface area contributed by atoms with E-state index in [-0.39, 0.29) is 5.91 Å². The van der Waals surface area contributed by atoms with E-state index in [0.717, 1.165) is 17.1 Å². The lowest BCUT2D eigenvalue weighted by atomic mass is 9.97. The predicted octanol–water partition coefficient (Wildman–Crippen LogP) is 2.95. The Kier molecular flexibility index (Phi) is 3.24. The number of hydrogen-bond acceptors (Lipinski definition) is 2. The Labute approximate surface area is 124 Å². The number of likely N-dealkylation sites (N-methyl/N-ethyl adjacent to an activating group) is 1. The van der Waals surface area contributed by atoms with Gasteiger partial charge in [-0.1, -0.05) is 12.1 Å². The molecule has 0 saturated heterocycles. The Balaban J connectivity index is 2.13. The fourth-order valence-electron chi connectivity index (χ4n) is 2.96. The first kappa shape index (κ1) is 13.7. The minimum atomic E-state index is -0.982. The zero-order valence-corrected chi connectivity index (χ0v) is 12.7. The summed E-state index contributed by atoms with van der Waals surface area (Å²) in [6, 6.07) is 11.7. The summed E-state index contributed by atoms with van der Waals surface area (Å²) < 4.78 is 8.18. The van der Waals surface area contributed by atoms with Gasteiger partial charge in [-0.3, -0.25) is 4.79 Å². The molecule has 0 N–H and O–H groups in total. The van der Waals surface area contributed by atoms with Gasteiger partial charge in [0.05, 0.1) is 11.4 Å². The smallest absolute Gasteiger partial charge is 0.272 e. The fourth-order valence-corrected chi connectivity index (χ4v) is 2.96. The average Bonchev–Trinajstić information content (AvgIpc) is 2.99. The van der Waals surface area contributed by atoms with Gasteiger partial charge in [-0.2, -0.15) is 0 Å². The van der Waals surface area contributed by atoms with Crippen molar-refractivity contribution in [2.24, 2.45) is 0 Å². The highest BCUT2D eigenvalue weighted by Gasteiger charge is 2.45. The highest BCUT2D eigenvalue weighted by Crippen LogP contribution is 2.40. The van der Waals surface area contributed by atoms with E-state index < -0.39 is 5.60 Å². The summed E-state index contributed by atoms with van der Waals surface area (Å²) in [4.78, 5) is 14.8. The molecule has 4 nitrogen and oxygen atoms in total. The van der Waals surface area contributed by atoms with Gasteiger partial charge in [-0.05, 0) is 45.0 Å². The van der Waals surface area contributed by atoms with E-state index in [4.69, 9.17) is 4.74 Å². The van der Waals surface area contributed by atoms with E-state index in [9.17, 15) is 4.79 Å². The van der Waals surface area contributed by atoms with Gasteiger partial charge in [0.2, 0.25) is 5.60 Å². The first-order valence-electron chi connectivity index (χ1n) is 7.37. The minimum absolute atomic E-state index is 0.00181. The second-order valence-electron chi connectivity index (χ2n) is 5.34. The molecule has 1 aliphatic rings. The van der Waals surface area contributed by atoms with Crippen LogP contribution in [0.5, 0.6) is 5.75 Å². The highest BCUT2D eigenvalue weighted by atomic mass is 16.5. The Morgan fingerprint density at radius 3 is 2.62 bits per heavy atom. The van der Waals surface area contributed by atoms with Crippen molar-refractivity contribution in [3.63, 3.8) is 0 Å². The molecule has 21 heavy (non-hydrogen) atoms. The minimum Gasteiger partial charge on any atom is -0.469 e. The largest absolute Gasteiger partial charge is 0.469 e. The number of aromatic nitrogens is 1. The molecule has 2 aromatic rings. The van der Waals surface area contributed by atoms with Crippen molar-refractivity contribution in [2.75, 3.05) is 13.1 Å². The van der Waals surface area contributed by atoms with Gasteiger partial charge in [-0.15, -0.1) is 0 Å². The van der Waals surface area contributed by atoms with Crippen molar-refractivity contribution in [2.45, 2.75) is 26.4 Å². The van der Waals surface area contributed by atoms with Crippen LogP contribution in [-0.4, -0.2) is 28.5 Å². The Morgan fingerprint density at radius 2 is 1.90 bits per heavy atom. The third-order valence-corrected chi connectivity index (χ3v) is 4.14. The van der Waals surface area contributed by atoms with Crippen LogP contribution in [0, 0.1) is 0 Å². The maximum Gasteiger partial charge on any atom is 0.272 e. The summed E-state index contributed by atoms with van der Waals surface area (Å²) in [5.41, 5.74) is 0.865. The molecule has 1 aromatic carbocycles. The van der Waals surface area contributed by atoms with Crippen LogP contribution in [0.1, 0.15) is 26.5 Å². The fraction of sp³-hybridized carbons (Fsp3) is 0.353. The standard InChI is InChI=1S/C17H20N2O2/c1-4-18(5-2)16(20)17(3)15-11-8-12-19(15)13-9-6-7-10-14(13)21-17/h6-12H,4-5H2,1-3H3. The highest BCUT2D eigenvalue weighted by molar-refractivity contribution is 5.87. The number of carbonyl (C=O) groups excluding carboxylic acids is 1. The molecule has 3 rings (SSSR count). The monoisotopic (exact) mass is 284 g/mol. The second-order valence-corrected chi connectivity index (χ2v) is 5.34. The number of amides is 1. The van der Waals surface area contributed by atoms with Crippen molar-refractivity contribution >= 4 is 5.91 Å². The molecule has 0 bridgehead atoms. The molecular formula is C17H20N2O2. The van der Waals surface area contributed by atoms with Gasteiger partial charge in [-0.25, -0.2) is 0 Å². The van der Waals surface area contributed by atoms with Crippen molar-refractivity contribution in [1.29, 1.82) is 0 Å². The number of nitrogens with zero attached hydrogens (tertiary/aromatic N) is 2. The number of hydrogen-bond donors (Lipinski definition) is 0. The lowest BCUT2D eigenvalue weighted by molar-refractivity contribution is -0.148. The molecule has 1 aliphatic heterocycles. The topological polar surface area (TPSA) is 34.5 Å². The van der Waals surface area contributed by atoms with Crippen LogP contribution in [0.4, 0.5) is 0 Å². The molecule has 1 unspecified atom stereocenters. The van der Waals surface area contributed by atoms with Crippen LogP contribution < -0.4 is 4.74 Å². The molecule has 1 aromatic heterocycles. The van der Waals surface area contributed by atoms with Crippen LogP contribution >= 0.6 is 0 Å². The average molecular weight is 284 g/mol. The zero-order chi connectivity index (χ0) is 15.0. The van der Waals surface area contributed by atoms with E-state index in [1.807, 2.05) is 72.8 Å². The Bertz CT molecular complexity index is 673. The van der Waals surface area contributed by atoms with Crippen molar-refractivity contribution < 1.29 is 9.53 Å². The molecule has 0 radical (unpaired) electrons. The first-order valence-corrected chi connectivity index (χ1v) is 7.37. The number of para-hydroxylation sites is 2. The van der Waals surface area contributed by atoms with Crippen LogP contribution in [0.2, 0.25) is 0 Å². The summed E-state index contributed by atoms with van der Waals surface area (Å²) in [6.07, 6.45) is 1.98. The summed E-state index contributed by atoms with van der Waals surface area (Å²) in [5.74, 6) is 0.742. The molecule has 110 valence electrons. The summed E-state index contributed by atoms with van der Waals surface area (Å²) in [6.45, 7) is 7.18. The predicted molar refractivity (Wildman–Crippen MR) is 81.7 cm³/mol. The maximum absolute atomic E-state index is 12.9. The van der Waals surface area contributed by atoms with Crippen LogP contribution in [0.25, 0.3) is 5.69 Å². The third-order valence-electron chi connectivity index (χ3n) is 4.14. The molecule has 0 saturated carbocycles. The Hall–Kier alpha value is -2.23. The maximum atomic E-state index is 12.9. The van der Waals surface area contributed by atoms with E-state index >= 15 is 0 Å². The van der Waals surface area contributed by atoms with Gasteiger partial charge < -0.3 is 14.2 Å². The van der Waals surface area contributed by atoms with Gasteiger partial charge in [0.1, 0.15) is 5.75 Å². The number of fused-ring (bicyclic) bond motifs is 3. The van der Waals surface area contributed by atoms with Crippen LogP contribution in [0.3, 0.4) is 0 Å². The first-order chi connectivity index (χ1) is 10.1. The van der Waals surface area contributed by atoms with E-state index in [0.29, 0.717) is 13.1 Å². The lowest BCUT2D eigenvalue weighted by Crippen LogP contribution is -2.50. The molecule has 1 amide bonds. The number of ether oxygens (including phenoxy) is 1. The van der Waals surface area contributed by atoms with E-state index in [1.165, 1.54) is 0 Å². The number of benzene rings is 1. The number of rotatable bonds is 3. The van der Waals surface area contributed by atoms with Gasteiger partial charge in [0.25, 0.3) is 5.91 Å². The summed E-state index contributed by atoms with van der Waals surface area (Å²) in [7, 11) is 0. The van der Waals surface area contributed by atoms with Crippen molar-refractivity contribution in [3.8, 4) is 11.4 Å². The van der Waals surface area contributed by atoms with E-state index in [1.54, 1.807) is 0 Å². The zero-order valence-electron chi connectivity index (χ0n) is 12.7. The van der Waals surface area contributed by atoms with Gasteiger partial charge in [0, 0.05) is 19.3 Å². The van der Waals surface area contributed by atoms with Crippen LogP contribution in [-0.2, 0) is 10.4 Å². The second kappa shape index (κ2) is 4.95. The quantitative estimate of drug-likeness (QED) is 0.868. The molecule has 4 heteroatoms. The molecule has 0 aliphatic carbocycles. The molecular weight excluding hydrogens is 264 g/mol. The molecule has 0 fully saturated rings. The molecule has 1 atom stereocenters. The summed E-state index contributed by atoms with van der Waals surface area (Å²) >= 11 is 0. The molecule has 2 heterocycles. The van der Waals surface area contributed by atoms with E-state index in [2.05, 4.69) is 0 Å². The lowest BCUT2D eigenvalue weighted by Gasteiger charge is -2.38. The van der Waals surface area contributed by atoms with Crippen LogP contribution in [0.15, 0.2) is 42.6 Å². The van der Waals surface area contributed by atoms with Gasteiger partial charge >= 0.3 is 0 Å². The Morgan fingerprint density at radius 1 is 1.19 bits per heavy atom. The summed E-state index contributed by atoms with van der Waals surface area (Å²) in [5, 5.41) is 0. The SMILES string of the molecule is CCN(CC)C(=O)C1(C)Oc2ccccc2-n2cccc21. The van der Waals surface area contributed by atoms with Crippen molar-refractivity contribution in [3.05, 3.63) is 48.3 Å². The number of carbonyl (C=O) groups is 1. The van der Waals surface area contributed by atoms with Gasteiger partial charge in [0.15, 0.2) is 0 Å².